The third kappa shape index (κ3) is 2.07. The summed E-state index contributed by atoms with van der Waals surface area (Å²) < 4.78 is 5.57. The molecular formula is C14H23N3O. The van der Waals surface area contributed by atoms with Crippen LogP contribution in [-0.2, 0) is 5.41 Å². The van der Waals surface area contributed by atoms with Crippen molar-refractivity contribution >= 4 is 0 Å². The van der Waals surface area contributed by atoms with Crippen LogP contribution in [0, 0.1) is 0 Å². The van der Waals surface area contributed by atoms with Gasteiger partial charge in [-0.2, -0.15) is 4.98 Å². The molecule has 1 aromatic heterocycles. The van der Waals surface area contributed by atoms with Gasteiger partial charge in [0.1, 0.15) is 0 Å². The van der Waals surface area contributed by atoms with Crippen molar-refractivity contribution in [2.24, 2.45) is 5.73 Å². The first-order valence-corrected chi connectivity index (χ1v) is 7.38. The van der Waals surface area contributed by atoms with E-state index in [9.17, 15) is 0 Å². The van der Waals surface area contributed by atoms with Crippen LogP contribution in [0.5, 0.6) is 0 Å². The van der Waals surface area contributed by atoms with Crippen molar-refractivity contribution in [3.8, 4) is 0 Å². The number of nitrogens with zero attached hydrogens (tertiary/aromatic N) is 2. The lowest BCUT2D eigenvalue weighted by atomic mass is 9.80. The maximum absolute atomic E-state index is 6.04. The van der Waals surface area contributed by atoms with Crippen LogP contribution in [-0.4, -0.2) is 16.7 Å². The number of hydrogen-bond acceptors (Lipinski definition) is 4. The van der Waals surface area contributed by atoms with Crippen LogP contribution in [0.1, 0.15) is 75.4 Å². The van der Waals surface area contributed by atoms with Crippen LogP contribution in [0.2, 0.25) is 0 Å². The van der Waals surface area contributed by atoms with Gasteiger partial charge in [-0.25, -0.2) is 0 Å². The minimum absolute atomic E-state index is 0.0362. The smallest absolute Gasteiger partial charge is 0.234 e. The third-order valence-corrected chi connectivity index (χ3v) is 4.82. The Morgan fingerprint density at radius 3 is 2.39 bits per heavy atom. The van der Waals surface area contributed by atoms with Crippen molar-refractivity contribution in [1.29, 1.82) is 0 Å². The summed E-state index contributed by atoms with van der Waals surface area (Å²) in [4.78, 5) is 4.68. The van der Waals surface area contributed by atoms with Gasteiger partial charge in [0.2, 0.25) is 5.89 Å². The molecule has 0 saturated heterocycles. The van der Waals surface area contributed by atoms with E-state index < -0.39 is 0 Å². The molecule has 2 fully saturated rings. The van der Waals surface area contributed by atoms with Gasteiger partial charge in [0.05, 0.1) is 5.41 Å². The first kappa shape index (κ1) is 12.2. The Labute approximate surface area is 108 Å². The predicted octanol–water partition coefficient (Wildman–Crippen LogP) is 2.89. The van der Waals surface area contributed by atoms with E-state index in [4.69, 9.17) is 10.3 Å². The van der Waals surface area contributed by atoms with E-state index in [0.29, 0.717) is 12.5 Å². The summed E-state index contributed by atoms with van der Waals surface area (Å²) in [6.07, 6.45) is 11.0. The monoisotopic (exact) mass is 249 g/mol. The van der Waals surface area contributed by atoms with Crippen LogP contribution < -0.4 is 5.73 Å². The molecule has 0 radical (unpaired) electrons. The molecule has 18 heavy (non-hydrogen) atoms. The van der Waals surface area contributed by atoms with Crippen LogP contribution in [0.3, 0.4) is 0 Å². The molecule has 2 N–H and O–H groups in total. The molecule has 0 aromatic carbocycles. The van der Waals surface area contributed by atoms with E-state index in [1.807, 2.05) is 0 Å². The van der Waals surface area contributed by atoms with Crippen molar-refractivity contribution < 1.29 is 4.52 Å². The van der Waals surface area contributed by atoms with Gasteiger partial charge in [0, 0.05) is 12.5 Å². The predicted molar refractivity (Wildman–Crippen MR) is 69.3 cm³/mol. The molecule has 0 unspecified atom stereocenters. The Hall–Kier alpha value is -0.900. The minimum Gasteiger partial charge on any atom is -0.339 e. The molecule has 100 valence electrons. The minimum atomic E-state index is -0.0362. The average molecular weight is 249 g/mol. The molecular weight excluding hydrogens is 226 g/mol. The molecule has 1 heterocycles. The molecule has 2 aliphatic carbocycles. The summed E-state index contributed by atoms with van der Waals surface area (Å²) in [5, 5.41) is 4.20. The summed E-state index contributed by atoms with van der Waals surface area (Å²) in [6.45, 7) is 0.638. The third-order valence-electron chi connectivity index (χ3n) is 4.82. The summed E-state index contributed by atoms with van der Waals surface area (Å²) in [7, 11) is 0. The zero-order chi connectivity index (χ0) is 12.4. The standard InChI is InChI=1S/C14H23N3O/c15-10-14(8-3-1-2-4-9-14)13-16-12(17-18-13)11-6-5-7-11/h11H,1-10,15H2. The molecule has 0 spiro atoms. The summed E-state index contributed by atoms with van der Waals surface area (Å²) in [5.41, 5.74) is 6.01. The van der Waals surface area contributed by atoms with Gasteiger partial charge in [0.25, 0.3) is 0 Å². The van der Waals surface area contributed by atoms with Crippen LogP contribution in [0.4, 0.5) is 0 Å². The maximum Gasteiger partial charge on any atom is 0.234 e. The van der Waals surface area contributed by atoms with Gasteiger partial charge in [-0.3, -0.25) is 0 Å². The quantitative estimate of drug-likeness (QED) is 0.836. The number of hydrogen-bond donors (Lipinski definition) is 1. The Morgan fingerprint density at radius 1 is 1.11 bits per heavy atom. The van der Waals surface area contributed by atoms with Gasteiger partial charge in [-0.1, -0.05) is 37.3 Å². The first-order valence-electron chi connectivity index (χ1n) is 7.38. The second kappa shape index (κ2) is 5.00. The number of rotatable bonds is 3. The maximum atomic E-state index is 6.04. The SMILES string of the molecule is NCC1(c2nc(C3CCC3)no2)CCCCCC1. The van der Waals surface area contributed by atoms with Crippen LogP contribution in [0.25, 0.3) is 0 Å². The Kier molecular flexibility index (Phi) is 3.37. The molecule has 0 amide bonds. The molecule has 3 rings (SSSR count). The topological polar surface area (TPSA) is 64.9 Å². The fourth-order valence-electron chi connectivity index (χ4n) is 3.19. The Balaban J connectivity index is 1.82. The van der Waals surface area contributed by atoms with E-state index >= 15 is 0 Å². The fraction of sp³-hybridized carbons (Fsp3) is 0.857. The van der Waals surface area contributed by atoms with Gasteiger partial charge >= 0.3 is 0 Å². The zero-order valence-electron chi connectivity index (χ0n) is 11.0. The zero-order valence-corrected chi connectivity index (χ0v) is 11.0. The second-order valence-corrected chi connectivity index (χ2v) is 5.98. The highest BCUT2D eigenvalue weighted by molar-refractivity contribution is 5.10. The normalized spacial score (nSPS) is 24.5. The van der Waals surface area contributed by atoms with Crippen LogP contribution in [0.15, 0.2) is 4.52 Å². The van der Waals surface area contributed by atoms with E-state index in [2.05, 4.69) is 10.1 Å². The Morgan fingerprint density at radius 2 is 1.83 bits per heavy atom. The van der Waals surface area contributed by atoms with Crippen molar-refractivity contribution in [1.82, 2.24) is 10.1 Å². The molecule has 0 atom stereocenters. The van der Waals surface area contributed by atoms with Gasteiger partial charge in [-0.15, -0.1) is 0 Å². The highest BCUT2D eigenvalue weighted by Gasteiger charge is 2.38. The van der Waals surface area contributed by atoms with Crippen LogP contribution >= 0.6 is 0 Å². The summed E-state index contributed by atoms with van der Waals surface area (Å²) in [6, 6.07) is 0. The van der Waals surface area contributed by atoms with Gasteiger partial charge < -0.3 is 10.3 Å². The Bertz CT molecular complexity index is 389. The molecule has 4 nitrogen and oxygen atoms in total. The molecule has 2 saturated carbocycles. The lowest BCUT2D eigenvalue weighted by Crippen LogP contribution is -2.35. The van der Waals surface area contributed by atoms with E-state index in [0.717, 1.165) is 24.6 Å². The molecule has 1 aromatic rings. The van der Waals surface area contributed by atoms with Gasteiger partial charge in [0.15, 0.2) is 5.82 Å². The largest absolute Gasteiger partial charge is 0.339 e. The van der Waals surface area contributed by atoms with E-state index in [1.54, 1.807) is 0 Å². The van der Waals surface area contributed by atoms with Crippen molar-refractivity contribution in [3.05, 3.63) is 11.7 Å². The average Bonchev–Trinajstić information content (AvgIpc) is 2.66. The van der Waals surface area contributed by atoms with E-state index in [-0.39, 0.29) is 5.41 Å². The lowest BCUT2D eigenvalue weighted by Gasteiger charge is -2.27. The van der Waals surface area contributed by atoms with Crippen molar-refractivity contribution in [3.63, 3.8) is 0 Å². The summed E-state index contributed by atoms with van der Waals surface area (Å²) >= 11 is 0. The summed E-state index contributed by atoms with van der Waals surface area (Å²) in [5.74, 6) is 2.28. The molecule has 4 heteroatoms. The fourth-order valence-corrected chi connectivity index (χ4v) is 3.19. The molecule has 2 aliphatic rings. The van der Waals surface area contributed by atoms with E-state index in [1.165, 1.54) is 44.9 Å². The highest BCUT2D eigenvalue weighted by atomic mass is 16.5. The molecule has 0 bridgehead atoms. The van der Waals surface area contributed by atoms with Gasteiger partial charge in [-0.05, 0) is 25.7 Å². The number of nitrogens with two attached hydrogens (primary N) is 1. The van der Waals surface area contributed by atoms with Crippen molar-refractivity contribution in [2.45, 2.75) is 69.1 Å². The highest BCUT2D eigenvalue weighted by Crippen LogP contribution is 2.39. The van der Waals surface area contributed by atoms with Crippen molar-refractivity contribution in [2.75, 3.05) is 6.54 Å². The lowest BCUT2D eigenvalue weighted by molar-refractivity contribution is 0.254. The number of aromatic nitrogens is 2. The second-order valence-electron chi connectivity index (χ2n) is 5.98. The first-order chi connectivity index (χ1) is 8.84. The molecule has 0 aliphatic heterocycles.